The zero-order chi connectivity index (χ0) is 14.1. The minimum Gasteiger partial charge on any atom is -0.486 e. The standard InChI is InChI=1S/C15H19NO4/c1-10(16-8-11(9-16)6-15(17)18)12-2-3-13-14(7-12)20-5-4-19-13/h2-3,7,10-11H,4-6,8-9H2,1H3,(H,17,18). The number of aliphatic carboxylic acids is 1. The van der Waals surface area contributed by atoms with Crippen molar-refractivity contribution in [3.8, 4) is 11.5 Å². The van der Waals surface area contributed by atoms with Gasteiger partial charge in [0, 0.05) is 19.1 Å². The monoisotopic (exact) mass is 277 g/mol. The van der Waals surface area contributed by atoms with Crippen LogP contribution >= 0.6 is 0 Å². The molecule has 1 aromatic carbocycles. The molecule has 0 saturated carbocycles. The van der Waals surface area contributed by atoms with Gasteiger partial charge in [-0.2, -0.15) is 0 Å². The van der Waals surface area contributed by atoms with Gasteiger partial charge >= 0.3 is 5.97 Å². The van der Waals surface area contributed by atoms with Gasteiger partial charge < -0.3 is 14.6 Å². The van der Waals surface area contributed by atoms with Gasteiger partial charge in [0.2, 0.25) is 0 Å². The smallest absolute Gasteiger partial charge is 0.303 e. The summed E-state index contributed by atoms with van der Waals surface area (Å²) in [5, 5.41) is 8.77. The van der Waals surface area contributed by atoms with E-state index < -0.39 is 5.97 Å². The number of benzene rings is 1. The van der Waals surface area contributed by atoms with Crippen molar-refractivity contribution in [1.29, 1.82) is 0 Å². The highest BCUT2D eigenvalue weighted by atomic mass is 16.6. The SMILES string of the molecule is CC(c1ccc2c(c1)OCCO2)N1CC(CC(=O)O)C1. The number of likely N-dealkylation sites (tertiary alicyclic amines) is 1. The summed E-state index contributed by atoms with van der Waals surface area (Å²) in [5.41, 5.74) is 1.18. The second-order valence-corrected chi connectivity index (χ2v) is 5.50. The fourth-order valence-corrected chi connectivity index (χ4v) is 2.83. The van der Waals surface area contributed by atoms with E-state index in [4.69, 9.17) is 14.6 Å². The molecule has 1 N–H and O–H groups in total. The van der Waals surface area contributed by atoms with Crippen LogP contribution in [-0.2, 0) is 4.79 Å². The molecule has 0 amide bonds. The third kappa shape index (κ3) is 2.58. The van der Waals surface area contributed by atoms with Crippen molar-refractivity contribution in [2.45, 2.75) is 19.4 Å². The Hall–Kier alpha value is -1.75. The van der Waals surface area contributed by atoms with Crippen LogP contribution in [0.2, 0.25) is 0 Å². The van der Waals surface area contributed by atoms with Crippen LogP contribution in [0.5, 0.6) is 11.5 Å². The molecule has 3 rings (SSSR count). The molecule has 0 radical (unpaired) electrons. The van der Waals surface area contributed by atoms with E-state index in [1.165, 1.54) is 5.56 Å². The van der Waals surface area contributed by atoms with E-state index in [0.717, 1.165) is 24.6 Å². The average molecular weight is 277 g/mol. The molecule has 5 heteroatoms. The lowest BCUT2D eigenvalue weighted by molar-refractivity contribution is -0.139. The van der Waals surface area contributed by atoms with Crippen LogP contribution in [0.1, 0.15) is 24.9 Å². The third-order valence-electron chi connectivity index (χ3n) is 4.05. The Morgan fingerprint density at radius 3 is 2.75 bits per heavy atom. The Bertz CT molecular complexity index is 511. The summed E-state index contributed by atoms with van der Waals surface area (Å²) in [6, 6.07) is 6.32. The van der Waals surface area contributed by atoms with E-state index >= 15 is 0 Å². The van der Waals surface area contributed by atoms with Crippen LogP contribution in [0.3, 0.4) is 0 Å². The Balaban J connectivity index is 1.63. The Morgan fingerprint density at radius 2 is 2.05 bits per heavy atom. The first-order valence-corrected chi connectivity index (χ1v) is 6.99. The van der Waals surface area contributed by atoms with Gasteiger partial charge in [-0.1, -0.05) is 6.07 Å². The maximum Gasteiger partial charge on any atom is 0.303 e. The number of carboxylic acid groups (broad SMARTS) is 1. The maximum atomic E-state index is 10.7. The first kappa shape index (κ1) is 13.2. The third-order valence-corrected chi connectivity index (χ3v) is 4.05. The van der Waals surface area contributed by atoms with Crippen molar-refractivity contribution in [3.63, 3.8) is 0 Å². The number of hydrogen-bond acceptors (Lipinski definition) is 4. The molecule has 0 aliphatic carbocycles. The van der Waals surface area contributed by atoms with E-state index in [-0.39, 0.29) is 18.4 Å². The van der Waals surface area contributed by atoms with Gasteiger partial charge in [-0.05, 0) is 30.5 Å². The maximum absolute atomic E-state index is 10.7. The van der Waals surface area contributed by atoms with Crippen molar-refractivity contribution in [3.05, 3.63) is 23.8 Å². The molecular weight excluding hydrogens is 258 g/mol. The number of carbonyl (C=O) groups is 1. The zero-order valence-electron chi connectivity index (χ0n) is 11.5. The number of carboxylic acids is 1. The molecule has 2 aliphatic rings. The van der Waals surface area contributed by atoms with E-state index in [9.17, 15) is 4.79 Å². The second-order valence-electron chi connectivity index (χ2n) is 5.50. The molecular formula is C15H19NO4. The van der Waals surface area contributed by atoms with Crippen molar-refractivity contribution in [1.82, 2.24) is 4.90 Å². The predicted octanol–water partition coefficient (Wildman–Crippen LogP) is 1.93. The molecule has 2 heterocycles. The molecule has 20 heavy (non-hydrogen) atoms. The minimum absolute atomic E-state index is 0.268. The van der Waals surface area contributed by atoms with E-state index in [2.05, 4.69) is 17.9 Å². The molecule has 1 atom stereocenters. The molecule has 0 spiro atoms. The highest BCUT2D eigenvalue weighted by Crippen LogP contribution is 2.36. The van der Waals surface area contributed by atoms with Gasteiger partial charge in [0.05, 0.1) is 6.42 Å². The molecule has 1 saturated heterocycles. The lowest BCUT2D eigenvalue weighted by atomic mass is 9.92. The van der Waals surface area contributed by atoms with Crippen LogP contribution in [-0.4, -0.2) is 42.3 Å². The largest absolute Gasteiger partial charge is 0.486 e. The molecule has 2 aliphatic heterocycles. The first-order valence-electron chi connectivity index (χ1n) is 6.99. The molecule has 1 aromatic rings. The van der Waals surface area contributed by atoms with Gasteiger partial charge in [-0.25, -0.2) is 0 Å². The van der Waals surface area contributed by atoms with Crippen LogP contribution in [0.15, 0.2) is 18.2 Å². The first-order chi connectivity index (χ1) is 9.63. The summed E-state index contributed by atoms with van der Waals surface area (Å²) < 4.78 is 11.1. The molecule has 0 aromatic heterocycles. The second kappa shape index (κ2) is 5.32. The average Bonchev–Trinajstić information content (AvgIpc) is 2.41. The van der Waals surface area contributed by atoms with Crippen molar-refractivity contribution in [2.24, 2.45) is 5.92 Å². The topological polar surface area (TPSA) is 59.0 Å². The highest BCUT2D eigenvalue weighted by molar-refractivity contribution is 5.67. The van der Waals surface area contributed by atoms with Crippen LogP contribution in [0.4, 0.5) is 0 Å². The van der Waals surface area contributed by atoms with Gasteiger partial charge in [0.1, 0.15) is 13.2 Å². The van der Waals surface area contributed by atoms with Crippen LogP contribution < -0.4 is 9.47 Å². The fourth-order valence-electron chi connectivity index (χ4n) is 2.83. The molecule has 0 bridgehead atoms. The van der Waals surface area contributed by atoms with Crippen molar-refractivity contribution in [2.75, 3.05) is 26.3 Å². The number of ether oxygens (including phenoxy) is 2. The number of rotatable bonds is 4. The highest BCUT2D eigenvalue weighted by Gasteiger charge is 2.32. The van der Waals surface area contributed by atoms with Gasteiger partial charge in [0.15, 0.2) is 11.5 Å². The summed E-state index contributed by atoms with van der Waals surface area (Å²) in [5.74, 6) is 1.19. The van der Waals surface area contributed by atoms with Gasteiger partial charge in [-0.3, -0.25) is 9.69 Å². The molecule has 108 valence electrons. The van der Waals surface area contributed by atoms with E-state index in [1.807, 2.05) is 12.1 Å². The molecule has 5 nitrogen and oxygen atoms in total. The zero-order valence-corrected chi connectivity index (χ0v) is 11.5. The van der Waals surface area contributed by atoms with Crippen molar-refractivity contribution >= 4 is 5.97 Å². The van der Waals surface area contributed by atoms with Crippen molar-refractivity contribution < 1.29 is 19.4 Å². The quantitative estimate of drug-likeness (QED) is 0.911. The van der Waals surface area contributed by atoms with Gasteiger partial charge in [-0.15, -0.1) is 0 Å². The summed E-state index contributed by atoms with van der Waals surface area (Å²) >= 11 is 0. The molecule has 1 fully saturated rings. The normalized spacial score (nSPS) is 20.2. The van der Waals surface area contributed by atoms with E-state index in [0.29, 0.717) is 13.2 Å². The van der Waals surface area contributed by atoms with E-state index in [1.54, 1.807) is 0 Å². The lowest BCUT2D eigenvalue weighted by Crippen LogP contribution is -2.48. The predicted molar refractivity (Wildman–Crippen MR) is 73.2 cm³/mol. The summed E-state index contributed by atoms with van der Waals surface area (Å²) in [6.07, 6.45) is 0.268. The van der Waals surface area contributed by atoms with Crippen LogP contribution in [0.25, 0.3) is 0 Å². The Kier molecular flexibility index (Phi) is 3.53. The Morgan fingerprint density at radius 1 is 1.35 bits per heavy atom. The lowest BCUT2D eigenvalue weighted by Gasteiger charge is -2.43. The number of fused-ring (bicyclic) bond motifs is 1. The Labute approximate surface area is 118 Å². The number of nitrogens with zero attached hydrogens (tertiary/aromatic N) is 1. The van der Waals surface area contributed by atoms with Gasteiger partial charge in [0.25, 0.3) is 0 Å². The summed E-state index contributed by atoms with van der Waals surface area (Å²) in [4.78, 5) is 13.0. The van der Waals surface area contributed by atoms with Crippen LogP contribution in [0, 0.1) is 5.92 Å². The fraction of sp³-hybridized carbons (Fsp3) is 0.533. The summed E-state index contributed by atoms with van der Waals surface area (Å²) in [6.45, 7) is 5.03. The summed E-state index contributed by atoms with van der Waals surface area (Å²) in [7, 11) is 0. The number of hydrogen-bond donors (Lipinski definition) is 1. The molecule has 1 unspecified atom stereocenters. The minimum atomic E-state index is -0.707.